The molecule has 3 aromatic carbocycles. The van der Waals surface area contributed by atoms with E-state index >= 15 is 0 Å². The Balaban J connectivity index is 1.85. The zero-order valence-corrected chi connectivity index (χ0v) is 19.0. The number of benzene rings is 3. The summed E-state index contributed by atoms with van der Waals surface area (Å²) in [6, 6.07) is 14.7. The number of hydrogen-bond donors (Lipinski definition) is 1. The summed E-state index contributed by atoms with van der Waals surface area (Å²) < 4.78 is 32.7. The van der Waals surface area contributed by atoms with E-state index in [1.54, 1.807) is 18.2 Å². The maximum atomic E-state index is 13.6. The topological polar surface area (TPSA) is 66.8 Å². The lowest BCUT2D eigenvalue weighted by molar-refractivity contribution is -0.140. The van der Waals surface area contributed by atoms with Crippen LogP contribution in [-0.2, 0) is 16.1 Å². The molecule has 5 nitrogen and oxygen atoms in total. The molecule has 0 saturated carbocycles. The van der Waals surface area contributed by atoms with Gasteiger partial charge in [-0.05, 0) is 69.5 Å². The van der Waals surface area contributed by atoms with Crippen LogP contribution in [0.2, 0.25) is 0 Å². The third-order valence-electron chi connectivity index (χ3n) is 5.42. The number of Topliss-reactive ketones (excluding diaryl/α,β-unsaturated/α-hetero) is 1. The van der Waals surface area contributed by atoms with Gasteiger partial charge in [-0.3, -0.25) is 9.59 Å². The maximum absolute atomic E-state index is 13.6. The number of ether oxygens (including phenoxy) is 1. The number of likely N-dealkylation sites (tertiary alicyclic amines) is 1. The second kappa shape index (κ2) is 9.15. The fraction of sp³-hybridized carbons (Fsp3) is 0.120. The second-order valence-electron chi connectivity index (χ2n) is 7.45. The van der Waals surface area contributed by atoms with Crippen molar-refractivity contribution in [1.29, 1.82) is 0 Å². The summed E-state index contributed by atoms with van der Waals surface area (Å²) in [5.74, 6) is -2.43. The first-order valence-electron chi connectivity index (χ1n) is 9.92. The van der Waals surface area contributed by atoms with Gasteiger partial charge in [0.25, 0.3) is 11.7 Å². The van der Waals surface area contributed by atoms with Crippen LogP contribution in [-0.4, -0.2) is 28.8 Å². The lowest BCUT2D eigenvalue weighted by Crippen LogP contribution is -2.29. The van der Waals surface area contributed by atoms with Gasteiger partial charge in [-0.2, -0.15) is 0 Å². The van der Waals surface area contributed by atoms with Crippen molar-refractivity contribution in [3.63, 3.8) is 0 Å². The van der Waals surface area contributed by atoms with Crippen LogP contribution in [0.3, 0.4) is 0 Å². The van der Waals surface area contributed by atoms with Crippen molar-refractivity contribution in [2.24, 2.45) is 0 Å². The van der Waals surface area contributed by atoms with Crippen LogP contribution in [0.5, 0.6) is 5.75 Å². The highest BCUT2D eigenvalue weighted by Crippen LogP contribution is 2.41. The van der Waals surface area contributed by atoms with E-state index < -0.39 is 29.4 Å². The van der Waals surface area contributed by atoms with Gasteiger partial charge in [0.15, 0.2) is 0 Å². The van der Waals surface area contributed by atoms with Crippen molar-refractivity contribution in [2.45, 2.75) is 12.6 Å². The molecule has 1 saturated heterocycles. The Kier molecular flexibility index (Phi) is 6.29. The molecular formula is C25H18BrF2NO4. The molecule has 1 amide bonds. The van der Waals surface area contributed by atoms with Crippen LogP contribution in [0.25, 0.3) is 5.76 Å². The largest absolute Gasteiger partial charge is 0.507 e. The van der Waals surface area contributed by atoms with Crippen molar-refractivity contribution in [2.75, 3.05) is 7.11 Å². The second-order valence-corrected chi connectivity index (χ2v) is 8.31. The van der Waals surface area contributed by atoms with Crippen molar-refractivity contribution >= 4 is 33.4 Å². The number of halogens is 3. The molecule has 1 heterocycles. The number of carbonyl (C=O) groups excluding carboxylic acids is 2. The SMILES string of the molecule is COc1ccc(/C(O)=C2/C(=O)C(=O)N(Cc3ccc(F)cc3)C2c2ccc(F)cc2)cc1Br. The van der Waals surface area contributed by atoms with Crippen LogP contribution in [0.15, 0.2) is 76.8 Å². The summed E-state index contributed by atoms with van der Waals surface area (Å²) in [6.45, 7) is -0.00398. The van der Waals surface area contributed by atoms with Crippen LogP contribution < -0.4 is 4.74 Å². The molecule has 33 heavy (non-hydrogen) atoms. The molecule has 1 N–H and O–H groups in total. The van der Waals surface area contributed by atoms with Crippen LogP contribution in [0.1, 0.15) is 22.7 Å². The highest BCUT2D eigenvalue weighted by molar-refractivity contribution is 9.10. The normalized spacial score (nSPS) is 17.5. The van der Waals surface area contributed by atoms with E-state index in [0.717, 1.165) is 0 Å². The fourth-order valence-electron chi connectivity index (χ4n) is 3.79. The predicted octanol–water partition coefficient (Wildman–Crippen LogP) is 5.36. The monoisotopic (exact) mass is 513 g/mol. The van der Waals surface area contributed by atoms with Gasteiger partial charge in [0.1, 0.15) is 23.1 Å². The van der Waals surface area contributed by atoms with Crippen molar-refractivity contribution < 1.29 is 28.2 Å². The van der Waals surface area contributed by atoms with Crippen LogP contribution in [0, 0.1) is 11.6 Å². The van der Waals surface area contributed by atoms with E-state index in [2.05, 4.69) is 15.9 Å². The molecule has 1 aliphatic rings. The van der Waals surface area contributed by atoms with Gasteiger partial charge in [0.2, 0.25) is 0 Å². The van der Waals surface area contributed by atoms with Crippen LogP contribution in [0.4, 0.5) is 8.78 Å². The molecule has 0 radical (unpaired) electrons. The Bertz CT molecular complexity index is 1260. The molecule has 4 rings (SSSR count). The summed E-state index contributed by atoms with van der Waals surface area (Å²) in [5, 5.41) is 11.1. The smallest absolute Gasteiger partial charge is 0.295 e. The molecule has 0 bridgehead atoms. The van der Waals surface area contributed by atoms with E-state index in [4.69, 9.17) is 4.74 Å². The lowest BCUT2D eigenvalue weighted by atomic mass is 9.95. The summed E-state index contributed by atoms with van der Waals surface area (Å²) in [6.07, 6.45) is 0. The first kappa shape index (κ1) is 22.7. The van der Waals surface area contributed by atoms with Crippen molar-refractivity contribution in [1.82, 2.24) is 4.90 Å². The number of aliphatic hydroxyl groups excluding tert-OH is 1. The minimum Gasteiger partial charge on any atom is -0.507 e. The first-order chi connectivity index (χ1) is 15.8. The molecular weight excluding hydrogens is 496 g/mol. The van der Waals surface area contributed by atoms with E-state index in [9.17, 15) is 23.5 Å². The molecule has 3 aromatic rings. The zero-order valence-electron chi connectivity index (χ0n) is 17.4. The number of rotatable bonds is 5. The number of hydrogen-bond acceptors (Lipinski definition) is 4. The highest BCUT2D eigenvalue weighted by Gasteiger charge is 2.46. The lowest BCUT2D eigenvalue weighted by Gasteiger charge is -2.25. The molecule has 8 heteroatoms. The molecule has 1 atom stereocenters. The molecule has 1 aliphatic heterocycles. The zero-order chi connectivity index (χ0) is 23.7. The van der Waals surface area contributed by atoms with Gasteiger partial charge in [-0.1, -0.05) is 24.3 Å². The average molecular weight is 514 g/mol. The number of carbonyl (C=O) groups is 2. The van der Waals surface area contributed by atoms with E-state index in [1.165, 1.54) is 60.5 Å². The Morgan fingerprint density at radius 2 is 1.61 bits per heavy atom. The maximum Gasteiger partial charge on any atom is 0.295 e. The van der Waals surface area contributed by atoms with Gasteiger partial charge in [0.05, 0.1) is 23.2 Å². The quantitative estimate of drug-likeness (QED) is 0.283. The van der Waals surface area contributed by atoms with Crippen LogP contribution >= 0.6 is 15.9 Å². The Hall–Kier alpha value is -3.52. The third kappa shape index (κ3) is 4.39. The molecule has 0 spiro atoms. The van der Waals surface area contributed by atoms with Gasteiger partial charge >= 0.3 is 0 Å². The molecule has 0 aromatic heterocycles. The van der Waals surface area contributed by atoms with Crippen molar-refractivity contribution in [3.8, 4) is 5.75 Å². The number of amides is 1. The average Bonchev–Trinajstić information content (AvgIpc) is 3.05. The molecule has 0 aliphatic carbocycles. The Labute approximate surface area is 197 Å². The number of aliphatic hydroxyl groups is 1. The summed E-state index contributed by atoms with van der Waals surface area (Å²) in [4.78, 5) is 27.3. The standard InChI is InChI=1S/C25H18BrF2NO4/c1-33-20-11-6-16(12-19(20)26)23(30)21-22(15-4-9-18(28)10-5-15)29(25(32)24(21)31)13-14-2-7-17(27)8-3-14/h2-12,22,30H,13H2,1H3/b23-21-. The van der Waals surface area contributed by atoms with E-state index in [-0.39, 0.29) is 17.9 Å². The van der Waals surface area contributed by atoms with Crippen molar-refractivity contribution in [3.05, 3.63) is 105 Å². The van der Waals surface area contributed by atoms with E-state index in [1.807, 2.05) is 0 Å². The summed E-state index contributed by atoms with van der Waals surface area (Å²) in [5.41, 5.74) is 1.23. The predicted molar refractivity (Wildman–Crippen MR) is 121 cm³/mol. The number of nitrogens with zero attached hydrogens (tertiary/aromatic N) is 1. The Morgan fingerprint density at radius 1 is 1.00 bits per heavy atom. The fourth-order valence-corrected chi connectivity index (χ4v) is 4.33. The van der Waals surface area contributed by atoms with Gasteiger partial charge in [-0.25, -0.2) is 8.78 Å². The summed E-state index contributed by atoms with van der Waals surface area (Å²) in [7, 11) is 1.50. The Morgan fingerprint density at radius 3 is 2.18 bits per heavy atom. The number of ketones is 1. The minimum atomic E-state index is -0.962. The molecule has 1 unspecified atom stereocenters. The molecule has 168 valence electrons. The van der Waals surface area contributed by atoms with Gasteiger partial charge in [0, 0.05) is 12.1 Å². The highest BCUT2D eigenvalue weighted by atomic mass is 79.9. The third-order valence-corrected chi connectivity index (χ3v) is 6.04. The summed E-state index contributed by atoms with van der Waals surface area (Å²) >= 11 is 3.35. The van der Waals surface area contributed by atoms with Gasteiger partial charge < -0.3 is 14.7 Å². The van der Waals surface area contributed by atoms with Gasteiger partial charge in [-0.15, -0.1) is 0 Å². The first-order valence-corrected chi connectivity index (χ1v) is 10.7. The van der Waals surface area contributed by atoms with E-state index in [0.29, 0.717) is 26.9 Å². The molecule has 1 fully saturated rings. The minimum absolute atomic E-state index is 0.00398. The number of methoxy groups -OCH3 is 1.